The first-order valence-electron chi connectivity index (χ1n) is 5.19. The van der Waals surface area contributed by atoms with E-state index in [1.807, 2.05) is 11.8 Å². The van der Waals surface area contributed by atoms with E-state index in [2.05, 4.69) is 18.2 Å². The molecule has 1 aliphatic rings. The molecule has 1 saturated heterocycles. The van der Waals surface area contributed by atoms with Gasteiger partial charge >= 0.3 is 0 Å². The van der Waals surface area contributed by atoms with Crippen molar-refractivity contribution in [2.75, 3.05) is 12.3 Å². The average Bonchev–Trinajstić information content (AvgIpc) is 2.21. The van der Waals surface area contributed by atoms with Crippen LogP contribution in [-0.4, -0.2) is 23.6 Å². The van der Waals surface area contributed by atoms with E-state index < -0.39 is 0 Å². The van der Waals surface area contributed by atoms with E-state index >= 15 is 0 Å². The molecule has 2 heteroatoms. The minimum Gasteiger partial charge on any atom is -0.303 e. The van der Waals surface area contributed by atoms with Gasteiger partial charge in [0.15, 0.2) is 0 Å². The van der Waals surface area contributed by atoms with Gasteiger partial charge in [0.2, 0.25) is 0 Å². The van der Waals surface area contributed by atoms with Gasteiger partial charge in [-0.3, -0.25) is 0 Å². The summed E-state index contributed by atoms with van der Waals surface area (Å²) in [6.07, 6.45) is 10.7. The molecule has 1 fully saturated rings. The molecule has 13 heavy (non-hydrogen) atoms. The molecule has 0 amide bonds. The Kier molecular flexibility index (Phi) is 5.34. The SMILES string of the molecule is C#CC(NCCC)C1CCCCS1. The van der Waals surface area contributed by atoms with Gasteiger partial charge in [-0.2, -0.15) is 11.8 Å². The van der Waals surface area contributed by atoms with E-state index in [-0.39, 0.29) is 0 Å². The molecule has 74 valence electrons. The van der Waals surface area contributed by atoms with Crippen LogP contribution in [0.15, 0.2) is 0 Å². The maximum atomic E-state index is 5.52. The molecule has 1 rings (SSSR count). The number of hydrogen-bond acceptors (Lipinski definition) is 2. The smallest absolute Gasteiger partial charge is 0.0807 e. The molecule has 1 aliphatic heterocycles. The molecule has 0 saturated carbocycles. The molecule has 0 aromatic carbocycles. The number of rotatable bonds is 4. The van der Waals surface area contributed by atoms with E-state index in [4.69, 9.17) is 6.42 Å². The summed E-state index contributed by atoms with van der Waals surface area (Å²) in [6, 6.07) is 0.297. The van der Waals surface area contributed by atoms with Crippen molar-refractivity contribution in [3.05, 3.63) is 0 Å². The Hall–Kier alpha value is -0.130. The highest BCUT2D eigenvalue weighted by molar-refractivity contribution is 8.00. The Bertz CT molecular complexity index is 167. The third kappa shape index (κ3) is 3.62. The van der Waals surface area contributed by atoms with Crippen LogP contribution in [0.1, 0.15) is 32.6 Å². The lowest BCUT2D eigenvalue weighted by Crippen LogP contribution is -2.38. The van der Waals surface area contributed by atoms with Crippen LogP contribution in [-0.2, 0) is 0 Å². The fourth-order valence-corrected chi connectivity index (χ4v) is 3.00. The van der Waals surface area contributed by atoms with Gasteiger partial charge in [-0.15, -0.1) is 6.42 Å². The molecular formula is C11H19NS. The van der Waals surface area contributed by atoms with Crippen molar-refractivity contribution in [2.24, 2.45) is 0 Å². The van der Waals surface area contributed by atoms with E-state index in [9.17, 15) is 0 Å². The summed E-state index contributed by atoms with van der Waals surface area (Å²) in [7, 11) is 0. The third-order valence-electron chi connectivity index (χ3n) is 2.38. The van der Waals surface area contributed by atoms with Crippen molar-refractivity contribution in [1.82, 2.24) is 5.32 Å². The second kappa shape index (κ2) is 6.34. The van der Waals surface area contributed by atoms with Gasteiger partial charge in [0.1, 0.15) is 0 Å². The lowest BCUT2D eigenvalue weighted by molar-refractivity contribution is 0.536. The summed E-state index contributed by atoms with van der Waals surface area (Å²) in [4.78, 5) is 0. The molecule has 1 heterocycles. The van der Waals surface area contributed by atoms with Gasteiger partial charge in [0, 0.05) is 5.25 Å². The summed E-state index contributed by atoms with van der Waals surface area (Å²) in [6.45, 7) is 3.22. The van der Waals surface area contributed by atoms with Gasteiger partial charge in [-0.1, -0.05) is 19.3 Å². The second-order valence-electron chi connectivity index (χ2n) is 3.50. The van der Waals surface area contributed by atoms with E-state index in [1.165, 1.54) is 25.0 Å². The summed E-state index contributed by atoms with van der Waals surface area (Å²) in [5, 5.41) is 4.09. The normalized spacial score (nSPS) is 25.1. The molecule has 0 aliphatic carbocycles. The highest BCUT2D eigenvalue weighted by Gasteiger charge is 2.21. The van der Waals surface area contributed by atoms with Crippen molar-refractivity contribution in [1.29, 1.82) is 0 Å². The molecule has 1 nitrogen and oxygen atoms in total. The van der Waals surface area contributed by atoms with E-state index in [1.54, 1.807) is 0 Å². The average molecular weight is 197 g/mol. The summed E-state index contributed by atoms with van der Waals surface area (Å²) >= 11 is 2.04. The van der Waals surface area contributed by atoms with Crippen LogP contribution in [0, 0.1) is 12.3 Å². The summed E-state index contributed by atoms with van der Waals surface area (Å²) in [5.41, 5.74) is 0. The van der Waals surface area contributed by atoms with Crippen molar-refractivity contribution < 1.29 is 0 Å². The lowest BCUT2D eigenvalue weighted by Gasteiger charge is -2.27. The van der Waals surface area contributed by atoms with E-state index in [0.717, 1.165) is 13.0 Å². The molecule has 0 aromatic heterocycles. The van der Waals surface area contributed by atoms with Crippen molar-refractivity contribution in [2.45, 2.75) is 43.9 Å². The Labute approximate surface area is 86.1 Å². The Balaban J connectivity index is 2.31. The topological polar surface area (TPSA) is 12.0 Å². The fraction of sp³-hybridized carbons (Fsp3) is 0.818. The highest BCUT2D eigenvalue weighted by atomic mass is 32.2. The van der Waals surface area contributed by atoms with Gasteiger partial charge < -0.3 is 5.32 Å². The number of thioether (sulfide) groups is 1. The molecule has 0 bridgehead atoms. The van der Waals surface area contributed by atoms with Gasteiger partial charge in [-0.25, -0.2) is 0 Å². The minimum atomic E-state index is 0.297. The lowest BCUT2D eigenvalue weighted by atomic mass is 10.1. The zero-order chi connectivity index (χ0) is 9.52. The largest absolute Gasteiger partial charge is 0.303 e. The predicted molar refractivity (Wildman–Crippen MR) is 61.0 cm³/mol. The van der Waals surface area contributed by atoms with Crippen LogP contribution < -0.4 is 5.32 Å². The minimum absolute atomic E-state index is 0.297. The van der Waals surface area contributed by atoms with E-state index in [0.29, 0.717) is 11.3 Å². The highest BCUT2D eigenvalue weighted by Crippen LogP contribution is 2.27. The zero-order valence-corrected chi connectivity index (χ0v) is 9.20. The summed E-state index contributed by atoms with van der Waals surface area (Å²) in [5.74, 6) is 4.16. The fourth-order valence-electron chi connectivity index (χ4n) is 1.63. The summed E-state index contributed by atoms with van der Waals surface area (Å²) < 4.78 is 0. The molecule has 0 radical (unpaired) electrons. The monoisotopic (exact) mass is 197 g/mol. The Morgan fingerprint density at radius 3 is 3.00 bits per heavy atom. The van der Waals surface area contributed by atoms with Crippen LogP contribution in [0.2, 0.25) is 0 Å². The van der Waals surface area contributed by atoms with Crippen LogP contribution in [0.4, 0.5) is 0 Å². The molecule has 1 N–H and O–H groups in total. The van der Waals surface area contributed by atoms with Gasteiger partial charge in [-0.05, 0) is 31.6 Å². The molecule has 0 aromatic rings. The molecule has 2 unspecified atom stereocenters. The first kappa shape index (κ1) is 10.9. The van der Waals surface area contributed by atoms with Crippen LogP contribution in [0.25, 0.3) is 0 Å². The number of hydrogen-bond donors (Lipinski definition) is 1. The predicted octanol–water partition coefficient (Wildman–Crippen LogP) is 2.27. The second-order valence-corrected chi connectivity index (χ2v) is 4.85. The zero-order valence-electron chi connectivity index (χ0n) is 8.38. The van der Waals surface area contributed by atoms with Crippen LogP contribution in [0.5, 0.6) is 0 Å². The standard InChI is InChI=1S/C11H19NS/c1-3-8-12-10(4-2)11-7-5-6-9-13-11/h2,10-12H,3,5-9H2,1H3. The molecule has 2 atom stereocenters. The molecule has 0 spiro atoms. The number of nitrogens with one attached hydrogen (secondary N) is 1. The van der Waals surface area contributed by atoms with Gasteiger partial charge in [0.25, 0.3) is 0 Å². The van der Waals surface area contributed by atoms with Crippen molar-refractivity contribution >= 4 is 11.8 Å². The molecular weight excluding hydrogens is 178 g/mol. The van der Waals surface area contributed by atoms with Crippen molar-refractivity contribution in [3.8, 4) is 12.3 Å². The maximum Gasteiger partial charge on any atom is 0.0807 e. The quantitative estimate of drug-likeness (QED) is 0.694. The van der Waals surface area contributed by atoms with Gasteiger partial charge in [0.05, 0.1) is 6.04 Å². The van der Waals surface area contributed by atoms with Crippen LogP contribution >= 0.6 is 11.8 Å². The third-order valence-corrected chi connectivity index (χ3v) is 3.84. The van der Waals surface area contributed by atoms with Crippen LogP contribution in [0.3, 0.4) is 0 Å². The maximum absolute atomic E-state index is 5.52. The Morgan fingerprint density at radius 1 is 1.62 bits per heavy atom. The first-order valence-corrected chi connectivity index (χ1v) is 6.24. The first-order chi connectivity index (χ1) is 6.38. The number of terminal acetylenes is 1. The van der Waals surface area contributed by atoms with Crippen molar-refractivity contribution in [3.63, 3.8) is 0 Å². The Morgan fingerprint density at radius 2 is 2.46 bits per heavy atom.